The van der Waals surface area contributed by atoms with E-state index in [9.17, 15) is 0 Å². The van der Waals surface area contributed by atoms with Gasteiger partial charge < -0.3 is 0 Å². The van der Waals surface area contributed by atoms with E-state index in [1.165, 1.54) is 38.8 Å². The Balaban J connectivity index is 0.000000250. The first-order chi connectivity index (χ1) is 46.6. The van der Waals surface area contributed by atoms with Gasteiger partial charge in [-0.15, -0.1) is 0 Å². The molecule has 0 spiro atoms. The van der Waals surface area contributed by atoms with Crippen LogP contribution in [-0.4, -0.2) is 0 Å². The summed E-state index contributed by atoms with van der Waals surface area (Å²) in [5.41, 5.74) is 18.7. The molecule has 0 saturated carbocycles. The fraction of sp³-hybridized carbons (Fsp3) is 0.421. The molecule has 0 radical (unpaired) electrons. The molecular formula is C76H104N4+4. The number of hydrogen-bond donors (Lipinski definition) is 0. The number of benzene rings is 4. The largest absolute Gasteiger partial charge is 0.212 e. The van der Waals surface area contributed by atoms with Crippen molar-refractivity contribution in [1.29, 1.82) is 0 Å². The standard InChI is InChI=1S/2C20H28N.2C18H24N/c2*1-13(2)17-8-9-20(21(7)12-17)19-11-15(5)18(14(3)4)10-16(19)6;1-12(2)16-7-8-18(19(6)11-16)17-10-14(4)13(3)9-15(17)5;1-12(2)16-9-15(5)17(10-14(16)4)18-8-7-13(3)11-19(18)6/h2*8-14H,1-7H3;2*7-12H,1-6H3/q4*+1/i1D3,3D3,13D,14D;13D,14D;2*1D3,3D3,12D. The zero-order valence-corrected chi connectivity index (χ0v) is 51.3. The van der Waals surface area contributed by atoms with Gasteiger partial charge in [0.25, 0.3) is 0 Å². The number of pyridine rings is 4. The van der Waals surface area contributed by atoms with Gasteiger partial charge >= 0.3 is 0 Å². The smallest absolute Gasteiger partial charge is 0.201 e. The van der Waals surface area contributed by atoms with Crippen LogP contribution in [0.1, 0.15) is 240 Å². The van der Waals surface area contributed by atoms with E-state index in [1.54, 1.807) is 129 Å². The number of aromatic nitrogens is 4. The highest BCUT2D eigenvalue weighted by atomic mass is 14.9. The molecule has 4 atom stereocenters. The second kappa shape index (κ2) is 27.8. The van der Waals surface area contributed by atoms with Crippen LogP contribution in [0.25, 0.3) is 45.0 Å². The Morgan fingerprint density at radius 1 is 0.300 bits per heavy atom. The van der Waals surface area contributed by atoms with Crippen LogP contribution < -0.4 is 18.3 Å². The molecule has 4 aromatic heterocycles. The van der Waals surface area contributed by atoms with Crippen molar-refractivity contribution >= 4 is 0 Å². The predicted molar refractivity (Wildman–Crippen MR) is 344 cm³/mol. The van der Waals surface area contributed by atoms with E-state index in [4.69, 9.17) is 32.9 Å². The average Bonchev–Trinajstić information content (AvgIpc) is 0.770. The van der Waals surface area contributed by atoms with Crippen LogP contribution in [0.5, 0.6) is 0 Å². The molecule has 4 aromatic carbocycles. The van der Waals surface area contributed by atoms with Gasteiger partial charge in [-0.25, -0.2) is 18.3 Å². The molecule has 80 heavy (non-hydrogen) atoms. The number of nitrogens with zero attached hydrogens (tertiary/aromatic N) is 4. The van der Waals surface area contributed by atoms with Gasteiger partial charge in [-0.2, -0.15) is 0 Å². The second-order valence-corrected chi connectivity index (χ2v) is 22.1. The Morgan fingerprint density at radius 3 is 0.912 bits per heavy atom. The Hall–Kier alpha value is -6.52. The summed E-state index contributed by atoms with van der Waals surface area (Å²) in [5.74, 6) is -8.05. The van der Waals surface area contributed by atoms with Crippen molar-refractivity contribution in [3.8, 4) is 45.0 Å². The van der Waals surface area contributed by atoms with Crippen molar-refractivity contribution in [3.63, 3.8) is 0 Å². The average molecular weight is 1100 g/mol. The van der Waals surface area contributed by atoms with Crippen LogP contribution >= 0.6 is 0 Å². The summed E-state index contributed by atoms with van der Waals surface area (Å²) in [6, 6.07) is 29.4. The highest BCUT2D eigenvalue weighted by molar-refractivity contribution is 5.66. The maximum atomic E-state index is 8.39. The molecule has 0 fully saturated rings. The van der Waals surface area contributed by atoms with Crippen molar-refractivity contribution in [2.24, 2.45) is 28.2 Å². The van der Waals surface area contributed by atoms with Gasteiger partial charge in [0.2, 0.25) is 22.8 Å². The first kappa shape index (κ1) is 37.5. The number of aryl methyl sites for hydroxylation is 14. The highest BCUT2D eigenvalue weighted by Crippen LogP contribution is 2.32. The summed E-state index contributed by atoms with van der Waals surface area (Å²) in [4.78, 5) is 0. The molecular weight excluding hydrogens is 969 g/mol. The van der Waals surface area contributed by atoms with Crippen molar-refractivity contribution in [2.75, 3.05) is 0 Å². The maximum Gasteiger partial charge on any atom is 0.212 e. The first-order valence-electron chi connectivity index (χ1n) is 39.1. The summed E-state index contributed by atoms with van der Waals surface area (Å²) < 4.78 is 194. The lowest BCUT2D eigenvalue weighted by molar-refractivity contribution is -0.661. The second-order valence-electron chi connectivity index (χ2n) is 22.1. The van der Waals surface area contributed by atoms with Crippen molar-refractivity contribution < 1.29 is 51.2 Å². The zero-order chi connectivity index (χ0) is 80.3. The molecule has 8 aromatic rings. The number of rotatable bonds is 10. The van der Waals surface area contributed by atoms with Crippen molar-refractivity contribution in [2.45, 2.75) is 187 Å². The summed E-state index contributed by atoms with van der Waals surface area (Å²) in [6.07, 6.45) is 6.93. The molecule has 0 bridgehead atoms. The van der Waals surface area contributed by atoms with Crippen LogP contribution in [0.2, 0.25) is 0 Å². The Kier molecular flexibility index (Phi) is 13.0. The minimum Gasteiger partial charge on any atom is -0.201 e. The third-order valence-corrected chi connectivity index (χ3v) is 14.7. The van der Waals surface area contributed by atoms with E-state index in [1.807, 2.05) is 86.0 Å². The molecule has 0 aliphatic carbocycles. The Bertz CT molecular complexity index is 4450. The SMILES string of the molecule is [2H]C(C)(C)c1ccc(-c2cc(C)c(C([2H])(C)C)cc2C)[n+](C)c1.[2H]C([2H])([2H])C([2H])(C)c1ccc(-c2cc(C)c(C([2H])(C)C([2H])([2H])[2H])cc2C)[n+](C)c1.[2H]C([2H])([2H])c1cc(C)c(-c2ccc(C([2H])(C)C([2H])([2H])[2H])c[n+]2C)cc1C.[2H]C([2H])([2H])c1ccc(-c2cc(C)c(C([2H])(C)C([2H])([2H])[2H])cc2C)[n+](C)c1. The third-order valence-electron chi connectivity index (χ3n) is 14.7. The van der Waals surface area contributed by atoms with Gasteiger partial charge in [0.05, 0.1) is 0 Å². The molecule has 4 heterocycles. The van der Waals surface area contributed by atoms with E-state index in [2.05, 4.69) is 36.6 Å². The molecule has 0 N–H and O–H groups in total. The Morgan fingerprint density at radius 2 is 0.613 bits per heavy atom. The minimum absolute atomic E-state index is 0.260. The van der Waals surface area contributed by atoms with E-state index >= 15 is 0 Å². The molecule has 4 heteroatoms. The molecule has 0 aliphatic rings. The lowest BCUT2D eigenvalue weighted by Crippen LogP contribution is -2.31. The van der Waals surface area contributed by atoms with E-state index < -0.39 is 76.5 Å². The first-order valence-corrected chi connectivity index (χ1v) is 27.1. The topological polar surface area (TPSA) is 15.5 Å². The molecule has 8 rings (SSSR count). The third kappa shape index (κ3) is 15.9. The van der Waals surface area contributed by atoms with Crippen LogP contribution in [0, 0.1) is 69.1 Å². The normalized spacial score (nSPS) is 19.9. The van der Waals surface area contributed by atoms with Crippen LogP contribution in [0.3, 0.4) is 0 Å². The van der Waals surface area contributed by atoms with Crippen molar-refractivity contribution in [3.05, 3.63) is 211 Å². The van der Waals surface area contributed by atoms with Gasteiger partial charge in [0.1, 0.15) is 28.2 Å². The van der Waals surface area contributed by atoms with E-state index in [0.29, 0.717) is 38.9 Å². The predicted octanol–water partition coefficient (Wildman–Crippen LogP) is 18.5. The molecule has 4 nitrogen and oxygen atoms in total. The van der Waals surface area contributed by atoms with Gasteiger partial charge in [0.15, 0.2) is 24.8 Å². The summed E-state index contributed by atoms with van der Waals surface area (Å²) in [6.45, 7) is 14.3. The maximum absolute atomic E-state index is 8.39. The van der Waals surface area contributed by atoms with E-state index in [-0.39, 0.29) is 5.56 Å². The quantitative estimate of drug-likeness (QED) is 0.121. The molecule has 0 amide bonds. The van der Waals surface area contributed by atoms with E-state index in [0.717, 1.165) is 78.4 Å². The molecule has 0 saturated heterocycles. The molecule has 4 unspecified atom stereocenters. The van der Waals surface area contributed by atoms with Gasteiger partial charge in [-0.3, -0.25) is 0 Å². The van der Waals surface area contributed by atoms with Gasteiger partial charge in [-0.05, 0) is 220 Å². The van der Waals surface area contributed by atoms with Crippen LogP contribution in [0.4, 0.5) is 0 Å². The lowest BCUT2D eigenvalue weighted by Gasteiger charge is -2.14. The lowest BCUT2D eigenvalue weighted by atomic mass is 9.91. The Labute approximate surface area is 521 Å². The highest BCUT2D eigenvalue weighted by Gasteiger charge is 2.21. The van der Waals surface area contributed by atoms with Crippen LogP contribution in [0.15, 0.2) is 122 Å². The monoisotopic (exact) mass is 1100 g/mol. The fourth-order valence-corrected chi connectivity index (χ4v) is 10.0. The van der Waals surface area contributed by atoms with Gasteiger partial charge in [-0.1, -0.05) is 107 Å². The van der Waals surface area contributed by atoms with Gasteiger partial charge in [0, 0.05) is 102 Å². The molecule has 0 aliphatic heterocycles. The number of hydrogen-bond acceptors (Lipinski definition) is 0. The van der Waals surface area contributed by atoms with Crippen LogP contribution in [-0.2, 0) is 28.2 Å². The minimum atomic E-state index is -2.45. The van der Waals surface area contributed by atoms with Crippen molar-refractivity contribution in [1.82, 2.24) is 0 Å². The zero-order valence-electron chi connectivity index (χ0n) is 75.3. The summed E-state index contributed by atoms with van der Waals surface area (Å²) >= 11 is 0. The fourth-order valence-electron chi connectivity index (χ4n) is 10.0. The summed E-state index contributed by atoms with van der Waals surface area (Å²) in [5, 5.41) is 0. The summed E-state index contributed by atoms with van der Waals surface area (Å²) in [7, 11) is 7.39. The molecule has 424 valence electrons.